The Morgan fingerprint density at radius 2 is 2.16 bits per heavy atom. The normalized spacial score (nSPS) is 17.7. The molecule has 1 aliphatic heterocycles. The molecule has 1 unspecified atom stereocenters. The number of aliphatic hydroxyl groups is 1. The molecular formula is C19H29N5O. The van der Waals surface area contributed by atoms with E-state index in [0.717, 1.165) is 42.4 Å². The molecule has 25 heavy (non-hydrogen) atoms. The van der Waals surface area contributed by atoms with Crippen molar-refractivity contribution in [3.63, 3.8) is 0 Å². The molecule has 3 rings (SSSR count). The zero-order chi connectivity index (χ0) is 17.6. The van der Waals surface area contributed by atoms with Gasteiger partial charge in [-0.25, -0.2) is 0 Å². The Morgan fingerprint density at radius 3 is 2.88 bits per heavy atom. The monoisotopic (exact) mass is 343 g/mol. The number of β-amino-alcohol motifs (C(OH)–C–C–N with tert-alkyl or cyclic N) is 1. The lowest BCUT2D eigenvalue weighted by atomic mass is 9.99. The number of pyridine rings is 1. The van der Waals surface area contributed by atoms with Crippen LogP contribution in [0.25, 0.3) is 11.3 Å². The first-order chi connectivity index (χ1) is 12.1. The van der Waals surface area contributed by atoms with Crippen LogP contribution >= 0.6 is 0 Å². The van der Waals surface area contributed by atoms with Crippen molar-refractivity contribution in [3.05, 3.63) is 36.3 Å². The van der Waals surface area contributed by atoms with Crippen LogP contribution in [-0.4, -0.2) is 57.1 Å². The molecule has 2 N–H and O–H groups in total. The smallest absolute Gasteiger partial charge is 0.0983 e. The number of rotatable bonds is 7. The summed E-state index contributed by atoms with van der Waals surface area (Å²) in [6.07, 6.45) is 7.76. The summed E-state index contributed by atoms with van der Waals surface area (Å²) in [7, 11) is 1.93. The van der Waals surface area contributed by atoms with Gasteiger partial charge in [-0.05, 0) is 44.0 Å². The number of nitrogens with one attached hydrogen (secondary N) is 1. The van der Waals surface area contributed by atoms with Gasteiger partial charge in [0.25, 0.3) is 0 Å². The van der Waals surface area contributed by atoms with Gasteiger partial charge in [-0.3, -0.25) is 9.67 Å². The molecule has 0 amide bonds. The predicted molar refractivity (Wildman–Crippen MR) is 99.0 cm³/mol. The number of piperidine rings is 1. The quantitative estimate of drug-likeness (QED) is 0.800. The van der Waals surface area contributed by atoms with Gasteiger partial charge in [0.2, 0.25) is 0 Å². The number of nitrogens with zero attached hydrogens (tertiary/aromatic N) is 4. The van der Waals surface area contributed by atoms with Crippen molar-refractivity contribution >= 4 is 0 Å². The molecule has 1 saturated heterocycles. The van der Waals surface area contributed by atoms with Gasteiger partial charge in [-0.1, -0.05) is 6.92 Å². The maximum atomic E-state index is 10.3. The molecule has 1 fully saturated rings. The summed E-state index contributed by atoms with van der Waals surface area (Å²) >= 11 is 0. The van der Waals surface area contributed by atoms with Gasteiger partial charge in [0.1, 0.15) is 0 Å². The Hall–Kier alpha value is -1.76. The Labute approximate surface area is 149 Å². The van der Waals surface area contributed by atoms with Crippen LogP contribution in [0.5, 0.6) is 0 Å². The molecule has 0 aliphatic carbocycles. The Balaban J connectivity index is 1.49. The van der Waals surface area contributed by atoms with Crippen LogP contribution < -0.4 is 5.32 Å². The number of aromatic nitrogens is 3. The average Bonchev–Trinajstić information content (AvgIpc) is 2.98. The van der Waals surface area contributed by atoms with Gasteiger partial charge in [-0.2, -0.15) is 5.10 Å². The van der Waals surface area contributed by atoms with E-state index in [1.165, 1.54) is 12.8 Å². The molecule has 2 aromatic heterocycles. The highest BCUT2D eigenvalue weighted by molar-refractivity contribution is 5.61. The minimum absolute atomic E-state index is 0.341. The summed E-state index contributed by atoms with van der Waals surface area (Å²) in [6.45, 7) is 6.54. The Kier molecular flexibility index (Phi) is 6.18. The molecular weight excluding hydrogens is 314 g/mol. The fraction of sp³-hybridized carbons (Fsp3) is 0.579. The topological polar surface area (TPSA) is 66.2 Å². The number of likely N-dealkylation sites (tertiary alicyclic amines) is 1. The molecule has 6 heteroatoms. The highest BCUT2D eigenvalue weighted by Crippen LogP contribution is 2.20. The van der Waals surface area contributed by atoms with Crippen molar-refractivity contribution in [3.8, 4) is 11.3 Å². The van der Waals surface area contributed by atoms with Crippen LogP contribution in [0.3, 0.4) is 0 Å². The molecule has 0 radical (unpaired) electrons. The van der Waals surface area contributed by atoms with Crippen LogP contribution in [-0.2, 0) is 13.6 Å². The summed E-state index contributed by atoms with van der Waals surface area (Å²) in [4.78, 5) is 6.55. The second kappa shape index (κ2) is 8.56. The molecule has 1 aliphatic rings. The minimum atomic E-state index is -0.341. The first-order valence-corrected chi connectivity index (χ1v) is 9.16. The van der Waals surface area contributed by atoms with Gasteiger partial charge in [0, 0.05) is 56.4 Å². The average molecular weight is 343 g/mol. The third-order valence-corrected chi connectivity index (χ3v) is 4.88. The lowest BCUT2D eigenvalue weighted by Crippen LogP contribution is -2.41. The molecule has 6 nitrogen and oxygen atoms in total. The van der Waals surface area contributed by atoms with Crippen molar-refractivity contribution in [2.45, 2.75) is 32.4 Å². The number of aryl methyl sites for hydroxylation is 1. The van der Waals surface area contributed by atoms with Gasteiger partial charge in [0.15, 0.2) is 0 Å². The maximum absolute atomic E-state index is 10.3. The zero-order valence-corrected chi connectivity index (χ0v) is 15.2. The van der Waals surface area contributed by atoms with E-state index in [2.05, 4.69) is 27.2 Å². The van der Waals surface area contributed by atoms with E-state index >= 15 is 0 Å². The Morgan fingerprint density at radius 1 is 1.36 bits per heavy atom. The standard InChI is InChI=1S/C19H29N5O/c1-15-5-8-24(9-6-15)14-18(25)12-21-11-17-13-23(2)22-19(17)16-4-3-7-20-10-16/h3-4,7,10,13,15,18,21,25H,5-6,8-9,11-12,14H2,1-2H3. The highest BCUT2D eigenvalue weighted by Gasteiger charge is 2.18. The second-order valence-corrected chi connectivity index (χ2v) is 7.19. The predicted octanol–water partition coefficient (Wildman–Crippen LogP) is 1.66. The van der Waals surface area contributed by atoms with Crippen LogP contribution in [0.2, 0.25) is 0 Å². The largest absolute Gasteiger partial charge is 0.390 e. The van der Waals surface area contributed by atoms with Crippen LogP contribution in [0, 0.1) is 5.92 Å². The van der Waals surface area contributed by atoms with Crippen molar-refractivity contribution in [2.24, 2.45) is 13.0 Å². The zero-order valence-electron chi connectivity index (χ0n) is 15.2. The molecule has 0 bridgehead atoms. The summed E-state index contributed by atoms with van der Waals surface area (Å²) in [6, 6.07) is 3.94. The first kappa shape index (κ1) is 18.0. The van der Waals surface area contributed by atoms with Crippen molar-refractivity contribution in [1.29, 1.82) is 0 Å². The SMILES string of the molecule is CC1CCN(CC(O)CNCc2cn(C)nc2-c2cccnc2)CC1. The lowest BCUT2D eigenvalue weighted by Gasteiger charge is -2.31. The highest BCUT2D eigenvalue weighted by atomic mass is 16.3. The summed E-state index contributed by atoms with van der Waals surface area (Å²) in [5.74, 6) is 0.822. The fourth-order valence-corrected chi connectivity index (χ4v) is 3.39. The number of hydrogen-bond acceptors (Lipinski definition) is 5. The van der Waals surface area contributed by atoms with E-state index in [9.17, 15) is 5.11 Å². The summed E-state index contributed by atoms with van der Waals surface area (Å²) in [5.41, 5.74) is 3.08. The number of aliphatic hydroxyl groups excluding tert-OH is 1. The molecule has 1 atom stereocenters. The molecule has 0 spiro atoms. The van der Waals surface area contributed by atoms with Gasteiger partial charge < -0.3 is 15.3 Å². The van der Waals surface area contributed by atoms with Gasteiger partial charge >= 0.3 is 0 Å². The van der Waals surface area contributed by atoms with Crippen molar-refractivity contribution < 1.29 is 5.11 Å². The molecule has 136 valence electrons. The van der Waals surface area contributed by atoms with E-state index < -0.39 is 0 Å². The minimum Gasteiger partial charge on any atom is -0.390 e. The van der Waals surface area contributed by atoms with Gasteiger partial charge in [0.05, 0.1) is 11.8 Å². The lowest BCUT2D eigenvalue weighted by molar-refractivity contribution is 0.0907. The third-order valence-electron chi connectivity index (χ3n) is 4.88. The summed E-state index contributed by atoms with van der Waals surface area (Å²) in [5, 5.41) is 18.2. The molecule has 2 aromatic rings. The van der Waals surface area contributed by atoms with E-state index in [1.807, 2.05) is 36.3 Å². The van der Waals surface area contributed by atoms with E-state index in [-0.39, 0.29) is 6.10 Å². The Bertz CT molecular complexity index is 649. The third kappa shape index (κ3) is 5.11. The maximum Gasteiger partial charge on any atom is 0.0983 e. The van der Waals surface area contributed by atoms with Crippen molar-refractivity contribution in [2.75, 3.05) is 26.2 Å². The number of hydrogen-bond donors (Lipinski definition) is 2. The van der Waals surface area contributed by atoms with Gasteiger partial charge in [-0.15, -0.1) is 0 Å². The first-order valence-electron chi connectivity index (χ1n) is 9.16. The molecule has 0 saturated carbocycles. The molecule has 0 aromatic carbocycles. The fourth-order valence-electron chi connectivity index (χ4n) is 3.39. The van der Waals surface area contributed by atoms with Crippen molar-refractivity contribution in [1.82, 2.24) is 25.0 Å². The van der Waals surface area contributed by atoms with Crippen LogP contribution in [0.1, 0.15) is 25.3 Å². The summed E-state index contributed by atoms with van der Waals surface area (Å²) < 4.78 is 1.82. The second-order valence-electron chi connectivity index (χ2n) is 7.19. The van der Waals surface area contributed by atoms with Crippen LogP contribution in [0.15, 0.2) is 30.7 Å². The van der Waals surface area contributed by atoms with E-state index in [0.29, 0.717) is 13.1 Å². The van der Waals surface area contributed by atoms with E-state index in [1.54, 1.807) is 6.20 Å². The molecule has 3 heterocycles. The van der Waals surface area contributed by atoms with E-state index in [4.69, 9.17) is 0 Å². The van der Waals surface area contributed by atoms with Crippen LogP contribution in [0.4, 0.5) is 0 Å².